The number of nitrogens with two attached hydrogens (primary N) is 2. The molecule has 24 heteroatoms. The summed E-state index contributed by atoms with van der Waals surface area (Å²) in [6, 6.07) is 1.56. The van der Waals surface area contributed by atoms with Gasteiger partial charge in [-0.25, -0.2) is 24.1 Å². The molecule has 3 fully saturated rings. The van der Waals surface area contributed by atoms with Gasteiger partial charge in [0.25, 0.3) is 5.56 Å². The average molecular weight is 673 g/mol. The number of nitrogens with one attached hydrogen (secondary N) is 1. The lowest BCUT2D eigenvalue weighted by molar-refractivity contribution is -0.0671. The molecule has 22 nitrogen and oxygen atoms in total. The van der Waals surface area contributed by atoms with Gasteiger partial charge in [0.1, 0.15) is 54.4 Å². The lowest BCUT2D eigenvalue weighted by atomic mass is 10.1. The maximum absolute atomic E-state index is 13.2. The number of phosphoric acid groups is 2. The molecule has 0 spiro atoms. The number of H-pyrrole nitrogens is 1. The largest absolute Gasteiger partial charge is 0.472 e. The minimum atomic E-state index is -5.10. The molecule has 242 valence electrons. The van der Waals surface area contributed by atoms with Gasteiger partial charge in [-0.15, -0.1) is 0 Å². The molecular formula is C21H25N9O13P2. The number of rotatable bonds is 2. The molecule has 0 saturated carbocycles. The fourth-order valence-electron chi connectivity index (χ4n) is 5.44. The smallest absolute Gasteiger partial charge is 0.387 e. The zero-order chi connectivity index (χ0) is 31.8. The van der Waals surface area contributed by atoms with Crippen LogP contribution in [-0.4, -0.2) is 104 Å². The Hall–Kier alpha value is -3.37. The van der Waals surface area contributed by atoms with Crippen molar-refractivity contribution in [1.29, 1.82) is 0 Å². The summed E-state index contributed by atoms with van der Waals surface area (Å²) in [7, 11) is -10.2. The van der Waals surface area contributed by atoms with Crippen LogP contribution >= 0.6 is 15.6 Å². The Bertz CT molecular complexity index is 1930. The molecule has 45 heavy (non-hydrogen) atoms. The highest BCUT2D eigenvalue weighted by molar-refractivity contribution is 7.47. The van der Waals surface area contributed by atoms with Crippen LogP contribution in [0.5, 0.6) is 0 Å². The number of ether oxygens (including phenoxy) is 2. The van der Waals surface area contributed by atoms with E-state index in [4.69, 9.17) is 39.0 Å². The molecular weight excluding hydrogens is 648 g/mol. The van der Waals surface area contributed by atoms with E-state index in [1.54, 1.807) is 6.07 Å². The molecule has 2 bridgehead atoms. The Morgan fingerprint density at radius 1 is 0.889 bits per heavy atom. The third-order valence-corrected chi connectivity index (χ3v) is 9.45. The third kappa shape index (κ3) is 5.33. The van der Waals surface area contributed by atoms with Gasteiger partial charge in [-0.05, 0) is 6.07 Å². The molecule has 3 aliphatic heterocycles. The number of phosphoric ester groups is 2. The Kier molecular flexibility index (Phi) is 7.32. The van der Waals surface area contributed by atoms with Gasteiger partial charge in [-0.1, -0.05) is 0 Å². The number of aliphatic hydroxyl groups excluding tert-OH is 2. The zero-order valence-electron chi connectivity index (χ0n) is 22.5. The number of nitrogen functional groups attached to an aromatic ring is 2. The molecule has 4 aromatic heterocycles. The number of hydrogen-bond donors (Lipinski definition) is 7. The van der Waals surface area contributed by atoms with Crippen molar-refractivity contribution in [3.8, 4) is 0 Å². The normalized spacial score (nSPS) is 37.7. The molecule has 0 aliphatic carbocycles. The van der Waals surface area contributed by atoms with Crippen LogP contribution in [0.2, 0.25) is 0 Å². The van der Waals surface area contributed by atoms with Crippen LogP contribution in [0.3, 0.4) is 0 Å². The highest BCUT2D eigenvalue weighted by Gasteiger charge is 2.53. The van der Waals surface area contributed by atoms with E-state index < -0.39 is 83.5 Å². The minimum Gasteiger partial charge on any atom is -0.387 e. The number of aromatic nitrogens is 7. The van der Waals surface area contributed by atoms with Gasteiger partial charge < -0.3 is 45.5 Å². The molecule has 0 radical (unpaired) electrons. The summed E-state index contributed by atoms with van der Waals surface area (Å²) in [5.41, 5.74) is 10.8. The van der Waals surface area contributed by atoms with Gasteiger partial charge in [-0.2, -0.15) is 4.98 Å². The number of nitrogens with zero attached hydrogens (tertiary/aromatic N) is 6. The lowest BCUT2D eigenvalue weighted by Gasteiger charge is -2.25. The van der Waals surface area contributed by atoms with Crippen molar-refractivity contribution in [1.82, 2.24) is 34.1 Å². The van der Waals surface area contributed by atoms with Gasteiger partial charge in [0, 0.05) is 6.20 Å². The summed E-state index contributed by atoms with van der Waals surface area (Å²) in [6.45, 7) is -1.62. The van der Waals surface area contributed by atoms with E-state index in [2.05, 4.69) is 24.9 Å². The quantitative estimate of drug-likeness (QED) is 0.116. The maximum atomic E-state index is 13.2. The Balaban J connectivity index is 1.21. The molecule has 0 aromatic carbocycles. The van der Waals surface area contributed by atoms with E-state index in [9.17, 15) is 33.9 Å². The molecule has 10 atom stereocenters. The number of hydrogen-bond acceptors (Lipinski definition) is 17. The second kappa shape index (κ2) is 10.9. The second-order valence-corrected chi connectivity index (χ2v) is 13.1. The lowest BCUT2D eigenvalue weighted by Crippen LogP contribution is -2.36. The van der Waals surface area contributed by atoms with Crippen molar-refractivity contribution in [2.24, 2.45) is 0 Å². The predicted octanol–water partition coefficient (Wildman–Crippen LogP) is -1.74. The highest BCUT2D eigenvalue weighted by atomic mass is 31.2. The standard InChI is InChI=1S/C21H25N9O13P2/c22-15-7-1-2-29(16(7)25-5-24-15)19-12(32)13-9(41-19)4-39-45(36,37)43-14-11(31)8(3-38-44(34,35)42-13)40-20(14)30-6-26-10-17(30)27-21(23)28-18(10)33/h1-2,5-6,8-9,11-14,19-20,31-32H,3-4H2,(H,34,35)(H,36,37)(H2,22,24,25)(H3,23,27,28,33)/t8-,9-,11?,12?,13+,14+,19-,20-/m1/s1. The molecule has 7 rings (SSSR count). The number of imidazole rings is 1. The maximum Gasteiger partial charge on any atom is 0.472 e. The molecule has 3 aliphatic rings. The zero-order valence-corrected chi connectivity index (χ0v) is 24.3. The summed E-state index contributed by atoms with van der Waals surface area (Å²) in [5, 5.41) is 22.6. The van der Waals surface area contributed by atoms with Gasteiger partial charge in [0.05, 0.1) is 24.9 Å². The number of aromatic amines is 1. The monoisotopic (exact) mass is 673 g/mol. The first-order chi connectivity index (χ1) is 21.3. The first kappa shape index (κ1) is 30.3. The van der Waals surface area contributed by atoms with E-state index in [1.165, 1.54) is 17.1 Å². The SMILES string of the molecule is Nc1nc2c(ncn2[C@@H]2O[C@@H]3COP(=O)(O)O[C@@H]4C(O)[C@H](n5ccc6c(N)ncnc65)O[C@@H]4COP(=O)(O)O[C@H]2C3O)c(=O)[nH]1. The van der Waals surface area contributed by atoms with Crippen molar-refractivity contribution in [3.63, 3.8) is 0 Å². The summed E-state index contributed by atoms with van der Waals surface area (Å²) in [4.78, 5) is 51.8. The third-order valence-electron chi connectivity index (χ3n) is 7.47. The van der Waals surface area contributed by atoms with Gasteiger partial charge >= 0.3 is 15.6 Å². The van der Waals surface area contributed by atoms with E-state index in [0.29, 0.717) is 5.39 Å². The molecule has 4 unspecified atom stereocenters. The number of fused-ring (bicyclic) bond motifs is 5. The molecule has 0 amide bonds. The van der Waals surface area contributed by atoms with E-state index in [-0.39, 0.29) is 28.6 Å². The fourth-order valence-corrected chi connectivity index (χ4v) is 7.33. The van der Waals surface area contributed by atoms with Crippen LogP contribution in [0.15, 0.2) is 29.7 Å². The Labute approximate surface area is 249 Å². The van der Waals surface area contributed by atoms with Crippen LogP contribution in [-0.2, 0) is 36.7 Å². The predicted molar refractivity (Wildman–Crippen MR) is 146 cm³/mol. The molecule has 4 aromatic rings. The Morgan fingerprint density at radius 3 is 2.33 bits per heavy atom. The van der Waals surface area contributed by atoms with Crippen LogP contribution in [0, 0.1) is 0 Å². The van der Waals surface area contributed by atoms with E-state index in [1.807, 2.05) is 0 Å². The van der Waals surface area contributed by atoms with Crippen molar-refractivity contribution in [3.05, 3.63) is 35.3 Å². The van der Waals surface area contributed by atoms with Crippen LogP contribution in [0.25, 0.3) is 22.2 Å². The summed E-state index contributed by atoms with van der Waals surface area (Å²) in [5.74, 6) is -0.135. The molecule has 3 saturated heterocycles. The average Bonchev–Trinajstić information content (AvgIpc) is 3.72. The van der Waals surface area contributed by atoms with Crippen LogP contribution < -0.4 is 17.0 Å². The fraction of sp³-hybridized carbons (Fsp3) is 0.476. The summed E-state index contributed by atoms with van der Waals surface area (Å²) < 4.78 is 61.3. The van der Waals surface area contributed by atoms with Crippen molar-refractivity contribution < 1.29 is 56.7 Å². The van der Waals surface area contributed by atoms with Gasteiger partial charge in [0.15, 0.2) is 23.6 Å². The number of aliphatic hydroxyl groups is 2. The summed E-state index contributed by atoms with van der Waals surface area (Å²) >= 11 is 0. The van der Waals surface area contributed by atoms with Crippen molar-refractivity contribution in [2.45, 2.75) is 49.1 Å². The van der Waals surface area contributed by atoms with E-state index in [0.717, 1.165) is 10.9 Å². The highest BCUT2D eigenvalue weighted by Crippen LogP contribution is 2.53. The minimum absolute atomic E-state index is 0.124. The number of anilines is 2. The van der Waals surface area contributed by atoms with Gasteiger partial charge in [0.2, 0.25) is 5.95 Å². The Morgan fingerprint density at radius 2 is 1.58 bits per heavy atom. The summed E-state index contributed by atoms with van der Waals surface area (Å²) in [6.07, 6.45) is -8.73. The van der Waals surface area contributed by atoms with E-state index >= 15 is 0 Å². The van der Waals surface area contributed by atoms with Crippen LogP contribution in [0.1, 0.15) is 12.5 Å². The van der Waals surface area contributed by atoms with Crippen molar-refractivity contribution in [2.75, 3.05) is 24.7 Å². The second-order valence-electron chi connectivity index (χ2n) is 10.3. The first-order valence-corrected chi connectivity index (χ1v) is 16.1. The van der Waals surface area contributed by atoms with Crippen molar-refractivity contribution >= 4 is 49.6 Å². The molecule has 7 heterocycles. The molecule has 9 N–H and O–H groups in total. The first-order valence-electron chi connectivity index (χ1n) is 13.1. The van der Waals surface area contributed by atoms with Crippen LogP contribution in [0.4, 0.5) is 11.8 Å². The van der Waals surface area contributed by atoms with Gasteiger partial charge in [-0.3, -0.25) is 32.4 Å². The topological polar surface area (TPSA) is 317 Å².